The summed E-state index contributed by atoms with van der Waals surface area (Å²) in [6, 6.07) is 10.6. The number of alkyl halides is 3. The average molecular weight is 520 g/mol. The van der Waals surface area contributed by atoms with Crippen LogP contribution in [-0.2, 0) is 17.4 Å². The van der Waals surface area contributed by atoms with E-state index in [0.29, 0.717) is 28.3 Å². The molecule has 36 heavy (non-hydrogen) atoms. The van der Waals surface area contributed by atoms with Gasteiger partial charge in [-0.2, -0.15) is 17.9 Å². The van der Waals surface area contributed by atoms with E-state index >= 15 is 0 Å². The van der Waals surface area contributed by atoms with Crippen LogP contribution in [0.3, 0.4) is 0 Å². The molecule has 9 heteroatoms. The Balaban J connectivity index is 1.67. The van der Waals surface area contributed by atoms with Crippen molar-refractivity contribution in [2.75, 3.05) is 0 Å². The SMILES string of the molecule is CC(=O)c1ccc(CC(=O)C(CC2CC2)c2ccc(-c3c(C(F)(F)F)ccc(Cl)c3F)c[n+]2[O-])cc1. The van der Waals surface area contributed by atoms with E-state index in [1.54, 1.807) is 24.3 Å². The lowest BCUT2D eigenvalue weighted by Gasteiger charge is -2.18. The Morgan fingerprint density at radius 1 is 1.08 bits per heavy atom. The summed E-state index contributed by atoms with van der Waals surface area (Å²) in [6.45, 7) is 1.44. The van der Waals surface area contributed by atoms with Crippen LogP contribution in [0.25, 0.3) is 11.1 Å². The maximum absolute atomic E-state index is 14.7. The molecule has 1 atom stereocenters. The number of hydrogen-bond acceptors (Lipinski definition) is 3. The van der Waals surface area contributed by atoms with Gasteiger partial charge in [0.25, 0.3) is 0 Å². The lowest BCUT2D eigenvalue weighted by molar-refractivity contribution is -0.614. The van der Waals surface area contributed by atoms with Crippen molar-refractivity contribution in [2.24, 2.45) is 5.92 Å². The van der Waals surface area contributed by atoms with Crippen LogP contribution in [0, 0.1) is 16.9 Å². The van der Waals surface area contributed by atoms with Gasteiger partial charge in [-0.1, -0.05) is 48.7 Å². The van der Waals surface area contributed by atoms with Gasteiger partial charge in [0.2, 0.25) is 5.69 Å². The molecule has 1 heterocycles. The molecular weight excluding hydrogens is 498 g/mol. The largest absolute Gasteiger partial charge is 0.618 e. The second-order valence-electron chi connectivity index (χ2n) is 9.08. The summed E-state index contributed by atoms with van der Waals surface area (Å²) >= 11 is 5.73. The lowest BCUT2D eigenvalue weighted by atomic mass is 9.89. The first-order valence-corrected chi connectivity index (χ1v) is 11.7. The normalized spacial score (nSPS) is 14.5. The van der Waals surface area contributed by atoms with E-state index in [9.17, 15) is 32.4 Å². The number of carbonyl (C=O) groups excluding carboxylic acids is 2. The molecule has 0 amide bonds. The van der Waals surface area contributed by atoms with Crippen LogP contribution in [0.1, 0.15) is 59.3 Å². The first kappa shape index (κ1) is 25.8. The molecule has 1 aliphatic rings. The molecule has 1 fully saturated rings. The quantitative estimate of drug-likeness (QED) is 0.144. The fraction of sp³-hybridized carbons (Fsp3) is 0.296. The van der Waals surface area contributed by atoms with Crippen LogP contribution in [0.4, 0.5) is 17.6 Å². The molecule has 0 radical (unpaired) electrons. The summed E-state index contributed by atoms with van der Waals surface area (Å²) in [6.07, 6.45) is -1.69. The predicted octanol–water partition coefficient (Wildman–Crippen LogP) is 6.70. The number of pyridine rings is 1. The van der Waals surface area contributed by atoms with Gasteiger partial charge in [-0.3, -0.25) is 9.59 Å². The number of ketones is 2. The molecule has 1 saturated carbocycles. The Hall–Kier alpha value is -3.26. The Morgan fingerprint density at radius 2 is 1.75 bits per heavy atom. The molecule has 3 aromatic rings. The second kappa shape index (κ2) is 10.0. The molecular formula is C27H22ClF4NO3. The lowest BCUT2D eigenvalue weighted by Crippen LogP contribution is -2.36. The summed E-state index contributed by atoms with van der Waals surface area (Å²) in [5.74, 6) is -2.10. The molecule has 1 aromatic heterocycles. The Kier molecular flexibility index (Phi) is 7.18. The van der Waals surface area contributed by atoms with Crippen molar-refractivity contribution in [3.05, 3.63) is 93.2 Å². The van der Waals surface area contributed by atoms with Gasteiger partial charge < -0.3 is 5.21 Å². The van der Waals surface area contributed by atoms with E-state index < -0.39 is 34.1 Å². The molecule has 4 nitrogen and oxygen atoms in total. The number of halogens is 5. The standard InChI is InChI=1S/C27H22ClF4NO3/c1-15(34)18-6-4-17(5-7-18)13-24(35)20(12-16-2-3-16)23-11-8-19(14-33(23)36)25-21(27(30,31)32)9-10-22(28)26(25)29/h4-11,14,16,20H,2-3,12-13H2,1H3. The first-order chi connectivity index (χ1) is 17.0. The average Bonchev–Trinajstić information content (AvgIpc) is 3.63. The zero-order valence-electron chi connectivity index (χ0n) is 19.2. The van der Waals surface area contributed by atoms with Crippen molar-refractivity contribution in [1.29, 1.82) is 0 Å². The molecule has 0 N–H and O–H groups in total. The van der Waals surface area contributed by atoms with Crippen LogP contribution in [-0.4, -0.2) is 11.6 Å². The molecule has 2 aromatic carbocycles. The number of aromatic nitrogens is 1. The van der Waals surface area contributed by atoms with Crippen LogP contribution >= 0.6 is 11.6 Å². The van der Waals surface area contributed by atoms with Gasteiger partial charge >= 0.3 is 6.18 Å². The van der Waals surface area contributed by atoms with Crippen molar-refractivity contribution < 1.29 is 31.9 Å². The highest BCUT2D eigenvalue weighted by Gasteiger charge is 2.38. The molecule has 0 saturated heterocycles. The first-order valence-electron chi connectivity index (χ1n) is 11.4. The van der Waals surface area contributed by atoms with Crippen molar-refractivity contribution >= 4 is 23.2 Å². The minimum atomic E-state index is -4.87. The van der Waals surface area contributed by atoms with Crippen molar-refractivity contribution in [3.63, 3.8) is 0 Å². The number of benzene rings is 2. The molecule has 0 aliphatic heterocycles. The summed E-state index contributed by atoms with van der Waals surface area (Å²) in [4.78, 5) is 24.7. The highest BCUT2D eigenvalue weighted by molar-refractivity contribution is 6.31. The number of Topliss-reactive ketones (excluding diaryl/α,β-unsaturated/α-hetero) is 2. The van der Waals surface area contributed by atoms with Crippen LogP contribution < -0.4 is 4.73 Å². The zero-order valence-corrected chi connectivity index (χ0v) is 20.0. The van der Waals surface area contributed by atoms with Gasteiger partial charge in [0, 0.05) is 23.6 Å². The fourth-order valence-corrected chi connectivity index (χ4v) is 4.42. The monoisotopic (exact) mass is 519 g/mol. The molecule has 188 valence electrons. The maximum Gasteiger partial charge on any atom is 0.417 e. The van der Waals surface area contributed by atoms with Gasteiger partial charge in [0.15, 0.2) is 17.8 Å². The molecule has 1 unspecified atom stereocenters. The van der Waals surface area contributed by atoms with Crippen LogP contribution in [0.15, 0.2) is 54.7 Å². The van der Waals surface area contributed by atoms with Gasteiger partial charge in [-0.15, -0.1) is 0 Å². The summed E-state index contributed by atoms with van der Waals surface area (Å²) in [5.41, 5.74) is -1.08. The minimum absolute atomic E-state index is 0.0263. The van der Waals surface area contributed by atoms with Gasteiger partial charge in [0.1, 0.15) is 11.7 Å². The molecule has 0 bridgehead atoms. The summed E-state index contributed by atoms with van der Waals surface area (Å²) < 4.78 is 55.6. The van der Waals surface area contributed by atoms with Crippen molar-refractivity contribution in [2.45, 2.75) is 44.7 Å². The minimum Gasteiger partial charge on any atom is -0.618 e. The van der Waals surface area contributed by atoms with Crippen LogP contribution in [0.2, 0.25) is 5.02 Å². The third-order valence-electron chi connectivity index (χ3n) is 6.38. The number of rotatable bonds is 8. The number of nitrogens with zero attached hydrogens (tertiary/aromatic N) is 1. The van der Waals surface area contributed by atoms with Crippen molar-refractivity contribution in [1.82, 2.24) is 0 Å². The Morgan fingerprint density at radius 3 is 2.31 bits per heavy atom. The van der Waals surface area contributed by atoms with E-state index in [4.69, 9.17) is 11.6 Å². The highest BCUT2D eigenvalue weighted by Crippen LogP contribution is 2.41. The smallest absolute Gasteiger partial charge is 0.417 e. The number of carbonyl (C=O) groups is 2. The van der Waals surface area contributed by atoms with E-state index in [2.05, 4.69) is 0 Å². The molecule has 4 rings (SSSR count). The van der Waals surface area contributed by atoms with Gasteiger partial charge in [-0.25, -0.2) is 4.39 Å². The maximum atomic E-state index is 14.7. The van der Waals surface area contributed by atoms with Crippen molar-refractivity contribution in [3.8, 4) is 11.1 Å². The van der Waals surface area contributed by atoms with Gasteiger partial charge in [0.05, 0.1) is 16.1 Å². The van der Waals surface area contributed by atoms with Crippen LogP contribution in [0.5, 0.6) is 0 Å². The third kappa shape index (κ3) is 5.59. The second-order valence-corrected chi connectivity index (χ2v) is 9.49. The zero-order chi connectivity index (χ0) is 26.2. The molecule has 1 aliphatic carbocycles. The Bertz CT molecular complexity index is 1320. The topological polar surface area (TPSA) is 61.1 Å². The van der Waals surface area contributed by atoms with Gasteiger partial charge in [-0.05, 0) is 43.0 Å². The highest BCUT2D eigenvalue weighted by atomic mass is 35.5. The predicted molar refractivity (Wildman–Crippen MR) is 126 cm³/mol. The number of hydrogen-bond donors (Lipinski definition) is 0. The molecule has 0 spiro atoms. The van der Waals surface area contributed by atoms with E-state index in [0.717, 1.165) is 25.1 Å². The van der Waals surface area contributed by atoms with E-state index in [1.165, 1.54) is 19.1 Å². The third-order valence-corrected chi connectivity index (χ3v) is 6.68. The fourth-order valence-electron chi connectivity index (χ4n) is 4.26. The Labute approximate surface area is 210 Å². The summed E-state index contributed by atoms with van der Waals surface area (Å²) in [7, 11) is 0. The van der Waals surface area contributed by atoms with E-state index in [1.807, 2.05) is 0 Å². The summed E-state index contributed by atoms with van der Waals surface area (Å²) in [5, 5.41) is 12.5. The van der Waals surface area contributed by atoms with E-state index in [-0.39, 0.29) is 35.2 Å².